The molecule has 7 heteroatoms. The van der Waals surface area contributed by atoms with Crippen LogP contribution in [-0.4, -0.2) is 37.0 Å². The quantitative estimate of drug-likeness (QED) is 0.709. The average molecular weight is 317 g/mol. The zero-order chi connectivity index (χ0) is 16.7. The van der Waals surface area contributed by atoms with Gasteiger partial charge in [0.2, 0.25) is 5.91 Å². The minimum absolute atomic E-state index is 0.0201. The van der Waals surface area contributed by atoms with E-state index in [2.05, 4.69) is 10.6 Å². The molecule has 1 fully saturated rings. The first-order chi connectivity index (χ1) is 11.1. The minimum atomic E-state index is -1.47. The number of amides is 2. The molecule has 1 heterocycles. The molecule has 1 aliphatic heterocycles. The second kappa shape index (κ2) is 8.09. The predicted molar refractivity (Wildman–Crippen MR) is 80.5 cm³/mol. The molecule has 1 atom stereocenters. The number of anilines is 1. The van der Waals surface area contributed by atoms with E-state index in [0.717, 1.165) is 18.9 Å². The van der Waals surface area contributed by atoms with Crippen LogP contribution in [0.4, 0.5) is 5.69 Å². The molecule has 0 saturated carbocycles. The number of hydrogen-bond acceptors (Lipinski definition) is 5. The molecule has 1 aromatic rings. The van der Waals surface area contributed by atoms with Gasteiger partial charge in [-0.05, 0) is 31.1 Å². The fourth-order valence-electron chi connectivity index (χ4n) is 2.22. The van der Waals surface area contributed by atoms with Gasteiger partial charge in [-0.2, -0.15) is 0 Å². The molecule has 0 aromatic heterocycles. The summed E-state index contributed by atoms with van der Waals surface area (Å²) in [4.78, 5) is 34.1. The van der Waals surface area contributed by atoms with E-state index in [1.807, 2.05) is 0 Å². The number of para-hydroxylation sites is 1. The zero-order valence-electron chi connectivity index (χ0n) is 12.4. The maximum atomic E-state index is 12.2. The maximum Gasteiger partial charge on any atom is 0.253 e. The van der Waals surface area contributed by atoms with Crippen molar-refractivity contribution in [2.45, 2.75) is 18.9 Å². The third-order valence-corrected chi connectivity index (χ3v) is 3.31. The second-order valence-electron chi connectivity index (χ2n) is 5.03. The van der Waals surface area contributed by atoms with Gasteiger partial charge in [0.15, 0.2) is 0 Å². The van der Waals surface area contributed by atoms with Crippen LogP contribution in [0.25, 0.3) is 0 Å². The van der Waals surface area contributed by atoms with Crippen molar-refractivity contribution in [3.05, 3.63) is 42.0 Å². The molecule has 7 nitrogen and oxygen atoms in total. The van der Waals surface area contributed by atoms with Crippen LogP contribution in [0, 0.1) is 0 Å². The van der Waals surface area contributed by atoms with Crippen LogP contribution in [0.5, 0.6) is 0 Å². The molecule has 23 heavy (non-hydrogen) atoms. The van der Waals surface area contributed by atoms with Crippen LogP contribution in [0.2, 0.25) is 0 Å². The van der Waals surface area contributed by atoms with Crippen molar-refractivity contribution in [3.63, 3.8) is 0 Å². The van der Waals surface area contributed by atoms with Crippen LogP contribution in [-0.2, 0) is 14.3 Å². The summed E-state index contributed by atoms with van der Waals surface area (Å²) in [6, 6.07) is 6.47. The van der Waals surface area contributed by atoms with E-state index in [1.165, 1.54) is 0 Å². The number of nitrogens with one attached hydrogen (secondary N) is 2. The summed E-state index contributed by atoms with van der Waals surface area (Å²) >= 11 is 0. The Morgan fingerprint density at radius 1 is 1.26 bits per heavy atom. The topological polar surface area (TPSA) is 108 Å². The molecule has 0 aliphatic carbocycles. The van der Waals surface area contributed by atoms with E-state index in [1.54, 1.807) is 24.3 Å². The van der Waals surface area contributed by atoms with Gasteiger partial charge in [0.05, 0.1) is 23.3 Å². The molecule has 1 aromatic carbocycles. The first-order valence-electron chi connectivity index (χ1n) is 7.25. The minimum Gasteiger partial charge on any atom is -0.545 e. The van der Waals surface area contributed by atoms with E-state index in [0.29, 0.717) is 30.5 Å². The van der Waals surface area contributed by atoms with Gasteiger partial charge < -0.3 is 25.3 Å². The highest BCUT2D eigenvalue weighted by Crippen LogP contribution is 2.16. The number of benzene rings is 1. The SMILES string of the molecule is O=C([O-])/C=C/C(=O)Nc1ccccc1C(=O)NC[C@H]1CCCO1. The summed E-state index contributed by atoms with van der Waals surface area (Å²) < 4.78 is 5.43. The Morgan fingerprint density at radius 3 is 2.74 bits per heavy atom. The Labute approximate surface area is 133 Å². The van der Waals surface area contributed by atoms with E-state index in [-0.39, 0.29) is 12.0 Å². The number of ether oxygens (including phenoxy) is 1. The smallest absolute Gasteiger partial charge is 0.253 e. The largest absolute Gasteiger partial charge is 0.545 e. The fraction of sp³-hybridized carbons (Fsp3) is 0.312. The van der Waals surface area contributed by atoms with Gasteiger partial charge >= 0.3 is 0 Å². The highest BCUT2D eigenvalue weighted by atomic mass is 16.5. The van der Waals surface area contributed by atoms with E-state index >= 15 is 0 Å². The number of aliphatic carboxylic acids is 1. The summed E-state index contributed by atoms with van der Waals surface area (Å²) in [6.45, 7) is 1.11. The number of carbonyl (C=O) groups is 3. The normalized spacial score (nSPS) is 17.1. The van der Waals surface area contributed by atoms with E-state index in [9.17, 15) is 19.5 Å². The summed E-state index contributed by atoms with van der Waals surface area (Å²) in [7, 11) is 0. The molecular formula is C16H17N2O5-. The lowest BCUT2D eigenvalue weighted by Gasteiger charge is -2.13. The molecule has 2 N–H and O–H groups in total. The van der Waals surface area contributed by atoms with Crippen LogP contribution >= 0.6 is 0 Å². The van der Waals surface area contributed by atoms with Gasteiger partial charge in [0, 0.05) is 19.2 Å². The predicted octanol–water partition coefficient (Wildman–Crippen LogP) is -0.160. The lowest BCUT2D eigenvalue weighted by atomic mass is 10.1. The van der Waals surface area contributed by atoms with Gasteiger partial charge in [0.1, 0.15) is 0 Å². The van der Waals surface area contributed by atoms with Gasteiger partial charge in [-0.1, -0.05) is 12.1 Å². The lowest BCUT2D eigenvalue weighted by molar-refractivity contribution is -0.297. The molecule has 0 radical (unpaired) electrons. The van der Waals surface area contributed by atoms with Crippen LogP contribution in [0.1, 0.15) is 23.2 Å². The fourth-order valence-corrected chi connectivity index (χ4v) is 2.22. The van der Waals surface area contributed by atoms with Crippen molar-refractivity contribution < 1.29 is 24.2 Å². The Bertz CT molecular complexity index is 621. The molecule has 1 aliphatic rings. The lowest BCUT2D eigenvalue weighted by Crippen LogP contribution is -2.32. The van der Waals surface area contributed by atoms with Crippen molar-refractivity contribution >= 4 is 23.5 Å². The third-order valence-electron chi connectivity index (χ3n) is 3.31. The summed E-state index contributed by atoms with van der Waals surface area (Å²) in [5.74, 6) is -2.46. The van der Waals surface area contributed by atoms with Gasteiger partial charge in [0.25, 0.3) is 5.91 Å². The van der Waals surface area contributed by atoms with Gasteiger partial charge in [-0.3, -0.25) is 9.59 Å². The van der Waals surface area contributed by atoms with Crippen LogP contribution in [0.3, 0.4) is 0 Å². The van der Waals surface area contributed by atoms with Crippen molar-refractivity contribution in [2.24, 2.45) is 0 Å². The highest BCUT2D eigenvalue weighted by molar-refractivity contribution is 6.07. The Morgan fingerprint density at radius 2 is 2.04 bits per heavy atom. The molecule has 122 valence electrons. The molecule has 0 bridgehead atoms. The number of hydrogen-bond donors (Lipinski definition) is 2. The first-order valence-corrected chi connectivity index (χ1v) is 7.25. The Balaban J connectivity index is 1.99. The van der Waals surface area contributed by atoms with Crippen molar-refractivity contribution in [2.75, 3.05) is 18.5 Å². The van der Waals surface area contributed by atoms with Crippen LogP contribution < -0.4 is 15.7 Å². The second-order valence-corrected chi connectivity index (χ2v) is 5.03. The van der Waals surface area contributed by atoms with E-state index in [4.69, 9.17) is 4.74 Å². The highest BCUT2D eigenvalue weighted by Gasteiger charge is 2.18. The van der Waals surface area contributed by atoms with Crippen LogP contribution in [0.15, 0.2) is 36.4 Å². The van der Waals surface area contributed by atoms with Gasteiger partial charge in [-0.25, -0.2) is 0 Å². The number of rotatable bonds is 6. The number of carboxylic acid groups (broad SMARTS) is 1. The van der Waals surface area contributed by atoms with Gasteiger partial charge in [-0.15, -0.1) is 0 Å². The zero-order valence-corrected chi connectivity index (χ0v) is 12.4. The molecule has 0 spiro atoms. The molecular weight excluding hydrogens is 300 g/mol. The average Bonchev–Trinajstić information content (AvgIpc) is 3.04. The monoisotopic (exact) mass is 317 g/mol. The van der Waals surface area contributed by atoms with Crippen molar-refractivity contribution in [1.82, 2.24) is 5.32 Å². The molecule has 0 unspecified atom stereocenters. The van der Waals surface area contributed by atoms with Crippen molar-refractivity contribution in [1.29, 1.82) is 0 Å². The third kappa shape index (κ3) is 5.23. The summed E-state index contributed by atoms with van der Waals surface area (Å²) in [6.07, 6.45) is 3.36. The number of carbonyl (C=O) groups excluding carboxylic acids is 3. The molecule has 2 rings (SSSR count). The van der Waals surface area contributed by atoms with E-state index < -0.39 is 11.9 Å². The van der Waals surface area contributed by atoms with Crippen molar-refractivity contribution in [3.8, 4) is 0 Å². The summed E-state index contributed by atoms with van der Waals surface area (Å²) in [5, 5.41) is 15.5. The maximum absolute atomic E-state index is 12.2. The Kier molecular flexibility index (Phi) is 5.87. The molecule has 1 saturated heterocycles. The first kappa shape index (κ1) is 16.7. The number of carboxylic acids is 1. The standard InChI is InChI=1S/C16H18N2O5/c19-14(7-8-15(20)21)18-13-6-2-1-5-12(13)16(22)17-10-11-4-3-9-23-11/h1-2,5-8,11H,3-4,9-10H2,(H,17,22)(H,18,19)(H,20,21)/p-1/b8-7+/t11-/m1/s1. The molecule has 2 amide bonds. The Hall–Kier alpha value is -2.67. The summed E-state index contributed by atoms with van der Waals surface area (Å²) in [5.41, 5.74) is 0.589.